The SMILES string of the molecule is COCC[C@@H]1C[C@@H](NC(=O)Nc2c(C)c(-c3cnn(C)c3)nn2-c2ccccc2)[C@H](c2ccc(F)c(F)c2)N1. The molecule has 3 N–H and O–H groups in total. The van der Waals surface area contributed by atoms with Gasteiger partial charge in [-0.1, -0.05) is 24.3 Å². The molecule has 5 rings (SSSR count). The minimum absolute atomic E-state index is 0.0298. The lowest BCUT2D eigenvalue weighted by molar-refractivity contribution is 0.184. The number of hydrogen-bond donors (Lipinski definition) is 3. The van der Waals surface area contributed by atoms with Crippen molar-refractivity contribution in [2.45, 2.75) is 37.9 Å². The van der Waals surface area contributed by atoms with Crippen molar-refractivity contribution in [1.29, 1.82) is 0 Å². The molecule has 1 aliphatic heterocycles. The minimum atomic E-state index is -0.928. The van der Waals surface area contributed by atoms with Gasteiger partial charge in [0.25, 0.3) is 0 Å². The van der Waals surface area contributed by atoms with Crippen molar-refractivity contribution < 1.29 is 18.3 Å². The van der Waals surface area contributed by atoms with Gasteiger partial charge in [-0.15, -0.1) is 0 Å². The molecular formula is C28H31F2N7O2. The first-order chi connectivity index (χ1) is 18.8. The second-order valence-corrected chi connectivity index (χ2v) is 9.71. The van der Waals surface area contributed by atoms with Crippen molar-refractivity contribution in [1.82, 2.24) is 30.2 Å². The minimum Gasteiger partial charge on any atom is -0.385 e. The molecule has 0 saturated carbocycles. The Morgan fingerprint density at radius 3 is 2.67 bits per heavy atom. The zero-order valence-electron chi connectivity index (χ0n) is 22.0. The van der Waals surface area contributed by atoms with Crippen LogP contribution in [-0.2, 0) is 11.8 Å². The highest BCUT2D eigenvalue weighted by Gasteiger charge is 2.36. The number of halogens is 2. The van der Waals surface area contributed by atoms with Crippen molar-refractivity contribution in [3.05, 3.63) is 83.7 Å². The Morgan fingerprint density at radius 1 is 1.18 bits per heavy atom. The van der Waals surface area contributed by atoms with E-state index >= 15 is 0 Å². The predicted molar refractivity (Wildman–Crippen MR) is 144 cm³/mol. The Morgan fingerprint density at radius 2 is 1.97 bits per heavy atom. The number of anilines is 1. The molecule has 39 heavy (non-hydrogen) atoms. The highest BCUT2D eigenvalue weighted by atomic mass is 19.2. The van der Waals surface area contributed by atoms with Crippen LogP contribution in [0.15, 0.2) is 60.9 Å². The van der Waals surface area contributed by atoms with E-state index in [1.807, 2.05) is 50.5 Å². The summed E-state index contributed by atoms with van der Waals surface area (Å²) < 4.78 is 36.3. The molecule has 1 aliphatic rings. The van der Waals surface area contributed by atoms with Crippen LogP contribution in [0.1, 0.15) is 30.0 Å². The molecule has 2 aromatic heterocycles. The normalized spacial score (nSPS) is 18.8. The van der Waals surface area contributed by atoms with E-state index in [0.29, 0.717) is 36.5 Å². The summed E-state index contributed by atoms with van der Waals surface area (Å²) in [6, 6.07) is 12.2. The van der Waals surface area contributed by atoms with Crippen molar-refractivity contribution >= 4 is 11.8 Å². The van der Waals surface area contributed by atoms with Crippen molar-refractivity contribution in [3.63, 3.8) is 0 Å². The van der Waals surface area contributed by atoms with Gasteiger partial charge in [0.15, 0.2) is 11.6 Å². The highest BCUT2D eigenvalue weighted by molar-refractivity contribution is 5.91. The summed E-state index contributed by atoms with van der Waals surface area (Å²) in [5, 5.41) is 18.5. The van der Waals surface area contributed by atoms with Gasteiger partial charge in [0.05, 0.1) is 24.0 Å². The molecule has 0 spiro atoms. The third kappa shape index (κ3) is 5.69. The quantitative estimate of drug-likeness (QED) is 0.309. The summed E-state index contributed by atoms with van der Waals surface area (Å²) in [7, 11) is 3.46. The van der Waals surface area contributed by atoms with Crippen LogP contribution in [0.25, 0.3) is 16.9 Å². The number of para-hydroxylation sites is 1. The van der Waals surface area contributed by atoms with Crippen LogP contribution in [0.2, 0.25) is 0 Å². The van der Waals surface area contributed by atoms with Gasteiger partial charge in [0.2, 0.25) is 0 Å². The number of aromatic nitrogens is 4. The monoisotopic (exact) mass is 535 g/mol. The van der Waals surface area contributed by atoms with Gasteiger partial charge in [-0.3, -0.25) is 10.00 Å². The average Bonchev–Trinajstić information content (AvgIpc) is 3.62. The van der Waals surface area contributed by atoms with Gasteiger partial charge >= 0.3 is 6.03 Å². The zero-order chi connectivity index (χ0) is 27.5. The Labute approximate surface area is 225 Å². The second kappa shape index (κ2) is 11.3. The summed E-state index contributed by atoms with van der Waals surface area (Å²) in [6.45, 7) is 2.43. The molecule has 1 saturated heterocycles. The zero-order valence-corrected chi connectivity index (χ0v) is 22.0. The summed E-state index contributed by atoms with van der Waals surface area (Å²) in [4.78, 5) is 13.4. The molecule has 0 unspecified atom stereocenters. The standard InChI is InChI=1S/C28H31F2N7O2/c1-17-25(19-15-31-36(2)16-19)35-37(21-7-5-4-6-8-21)27(17)34-28(38)33-24-14-20(11-12-39-3)32-26(24)18-9-10-22(29)23(30)13-18/h4-10,13,15-16,20,24,26,32H,11-12,14H2,1-3H3,(H2,33,34,38)/t20-,24-,26+/m1/s1. The second-order valence-electron chi connectivity index (χ2n) is 9.71. The first-order valence-electron chi connectivity index (χ1n) is 12.8. The predicted octanol–water partition coefficient (Wildman–Crippen LogP) is 4.49. The van der Waals surface area contributed by atoms with E-state index in [1.54, 1.807) is 22.7 Å². The number of benzene rings is 2. The maximum Gasteiger partial charge on any atom is 0.320 e. The molecule has 2 amide bonds. The van der Waals surface area contributed by atoms with Gasteiger partial charge in [0.1, 0.15) is 11.5 Å². The summed E-state index contributed by atoms with van der Waals surface area (Å²) in [5.74, 6) is -1.32. The van der Waals surface area contributed by atoms with E-state index in [1.165, 1.54) is 12.1 Å². The van der Waals surface area contributed by atoms with Crippen LogP contribution < -0.4 is 16.0 Å². The number of methoxy groups -OCH3 is 1. The number of rotatable bonds is 8. The number of amides is 2. The molecule has 1 fully saturated rings. The van der Waals surface area contributed by atoms with E-state index in [-0.39, 0.29) is 12.1 Å². The fourth-order valence-electron chi connectivity index (χ4n) is 5.05. The van der Waals surface area contributed by atoms with Gasteiger partial charge in [0, 0.05) is 44.1 Å². The molecule has 0 bridgehead atoms. The number of carbonyl (C=O) groups excluding carboxylic acids is 1. The first kappa shape index (κ1) is 26.5. The number of nitrogens with zero attached hydrogens (tertiary/aromatic N) is 4. The number of carbonyl (C=O) groups is 1. The summed E-state index contributed by atoms with van der Waals surface area (Å²) >= 11 is 0. The van der Waals surface area contributed by atoms with E-state index < -0.39 is 23.7 Å². The number of hydrogen-bond acceptors (Lipinski definition) is 5. The van der Waals surface area contributed by atoms with Crippen LogP contribution in [-0.4, -0.2) is 51.4 Å². The van der Waals surface area contributed by atoms with Crippen molar-refractivity contribution in [2.24, 2.45) is 7.05 Å². The number of aryl methyl sites for hydroxylation is 1. The molecule has 3 atom stereocenters. The molecule has 0 aliphatic carbocycles. The van der Waals surface area contributed by atoms with E-state index in [2.05, 4.69) is 21.0 Å². The number of ether oxygens (including phenoxy) is 1. The van der Waals surface area contributed by atoms with Gasteiger partial charge in [-0.25, -0.2) is 18.3 Å². The summed E-state index contributed by atoms with van der Waals surface area (Å²) in [6.07, 6.45) is 4.90. The van der Waals surface area contributed by atoms with Crippen LogP contribution >= 0.6 is 0 Å². The largest absolute Gasteiger partial charge is 0.385 e. The Bertz CT molecular complexity index is 1450. The lowest BCUT2D eigenvalue weighted by atomic mass is 9.99. The maximum atomic E-state index is 14.1. The maximum absolute atomic E-state index is 14.1. The Balaban J connectivity index is 1.42. The topological polar surface area (TPSA) is 98.0 Å². The van der Waals surface area contributed by atoms with E-state index in [0.717, 1.165) is 22.9 Å². The third-order valence-corrected chi connectivity index (χ3v) is 6.98. The molecular weight excluding hydrogens is 504 g/mol. The lowest BCUT2D eigenvalue weighted by Gasteiger charge is -2.22. The fourth-order valence-corrected chi connectivity index (χ4v) is 5.05. The molecule has 11 heteroatoms. The van der Waals surface area contributed by atoms with E-state index in [4.69, 9.17) is 9.84 Å². The smallest absolute Gasteiger partial charge is 0.320 e. The Hall–Kier alpha value is -4.09. The Kier molecular flexibility index (Phi) is 7.71. The van der Waals surface area contributed by atoms with Crippen LogP contribution in [0.5, 0.6) is 0 Å². The molecule has 204 valence electrons. The molecule has 3 heterocycles. The van der Waals surface area contributed by atoms with Crippen LogP contribution in [0.3, 0.4) is 0 Å². The summed E-state index contributed by atoms with van der Waals surface area (Å²) in [5.41, 5.74) is 3.65. The highest BCUT2D eigenvalue weighted by Crippen LogP contribution is 2.32. The molecule has 0 radical (unpaired) electrons. The molecule has 9 nitrogen and oxygen atoms in total. The number of nitrogens with one attached hydrogen (secondary N) is 3. The van der Waals surface area contributed by atoms with Crippen LogP contribution in [0, 0.1) is 18.6 Å². The van der Waals surface area contributed by atoms with Crippen molar-refractivity contribution in [2.75, 3.05) is 19.0 Å². The molecule has 4 aromatic rings. The van der Waals surface area contributed by atoms with Crippen molar-refractivity contribution in [3.8, 4) is 16.9 Å². The lowest BCUT2D eigenvalue weighted by Crippen LogP contribution is -2.41. The van der Waals surface area contributed by atoms with Gasteiger partial charge < -0.3 is 15.4 Å². The molecule has 2 aromatic carbocycles. The van der Waals surface area contributed by atoms with E-state index in [9.17, 15) is 13.6 Å². The third-order valence-electron chi connectivity index (χ3n) is 6.98. The van der Waals surface area contributed by atoms with Gasteiger partial charge in [-0.05, 0) is 49.6 Å². The van der Waals surface area contributed by atoms with Gasteiger partial charge in [-0.2, -0.15) is 10.2 Å². The number of urea groups is 1. The average molecular weight is 536 g/mol. The first-order valence-corrected chi connectivity index (χ1v) is 12.8. The van der Waals surface area contributed by atoms with Crippen LogP contribution in [0.4, 0.5) is 19.4 Å². The fraction of sp³-hybridized carbons (Fsp3) is 0.321.